The Morgan fingerprint density at radius 1 is 1.52 bits per heavy atom. The van der Waals surface area contributed by atoms with Gasteiger partial charge in [0, 0.05) is 13.2 Å². The lowest BCUT2D eigenvalue weighted by molar-refractivity contribution is -0.0778. The smallest absolute Gasteiger partial charge is 0.276 e. The fourth-order valence-corrected chi connectivity index (χ4v) is 3.93. The van der Waals surface area contributed by atoms with E-state index in [2.05, 4.69) is 4.72 Å². The van der Waals surface area contributed by atoms with Crippen LogP contribution in [0.1, 0.15) is 16.9 Å². The number of aryl methyl sites for hydroxylation is 1. The first-order chi connectivity index (χ1) is 9.76. The van der Waals surface area contributed by atoms with Gasteiger partial charge in [-0.3, -0.25) is 4.79 Å². The highest BCUT2D eigenvalue weighted by atomic mass is 35.5. The van der Waals surface area contributed by atoms with Gasteiger partial charge in [-0.05, 0) is 20.0 Å². The standard InChI is InChI=1S/C12H16ClF2N3O2S/c1-17-4-3-10(12(14,15)7-17)16-21(20)9-5-18(2)8(6-19)11(9)13/h5-6,10,16H,3-4,7H2,1-2H3. The fourth-order valence-electron chi connectivity index (χ4n) is 2.29. The Balaban J connectivity index is 2.17. The maximum atomic E-state index is 13.9. The van der Waals surface area contributed by atoms with Crippen LogP contribution in [0.5, 0.6) is 0 Å². The molecule has 1 fully saturated rings. The van der Waals surface area contributed by atoms with Crippen molar-refractivity contribution in [2.75, 3.05) is 20.1 Å². The van der Waals surface area contributed by atoms with Gasteiger partial charge in [0.15, 0.2) is 6.29 Å². The molecule has 5 nitrogen and oxygen atoms in total. The Bertz CT molecular complexity index is 579. The highest BCUT2D eigenvalue weighted by Gasteiger charge is 2.44. The number of hydrogen-bond acceptors (Lipinski definition) is 3. The Kier molecular flexibility index (Phi) is 4.82. The number of rotatable bonds is 4. The first kappa shape index (κ1) is 16.5. The number of piperidine rings is 1. The van der Waals surface area contributed by atoms with Crippen LogP contribution in [0.3, 0.4) is 0 Å². The molecule has 0 aliphatic carbocycles. The van der Waals surface area contributed by atoms with Crippen molar-refractivity contribution in [2.24, 2.45) is 7.05 Å². The van der Waals surface area contributed by atoms with Crippen LogP contribution in [-0.4, -0.2) is 52.1 Å². The SMILES string of the molecule is CN1CCC(NS(=O)c2cn(C)c(C=O)c2Cl)C(F)(F)C1. The van der Waals surface area contributed by atoms with Crippen LogP contribution < -0.4 is 4.72 Å². The largest absolute Gasteiger partial charge is 0.346 e. The fraction of sp³-hybridized carbons (Fsp3) is 0.583. The minimum atomic E-state index is -2.97. The van der Waals surface area contributed by atoms with Crippen LogP contribution in [0.2, 0.25) is 5.02 Å². The normalized spacial score (nSPS) is 24.0. The summed E-state index contributed by atoms with van der Waals surface area (Å²) in [6, 6.07) is -1.19. The van der Waals surface area contributed by atoms with E-state index < -0.39 is 22.9 Å². The van der Waals surface area contributed by atoms with Crippen molar-refractivity contribution >= 4 is 28.9 Å². The van der Waals surface area contributed by atoms with Gasteiger partial charge >= 0.3 is 0 Å². The first-order valence-corrected chi connectivity index (χ1v) is 7.83. The number of hydrogen-bond donors (Lipinski definition) is 1. The molecule has 2 heterocycles. The molecule has 0 aromatic carbocycles. The monoisotopic (exact) mass is 339 g/mol. The Morgan fingerprint density at radius 3 is 2.71 bits per heavy atom. The van der Waals surface area contributed by atoms with Gasteiger partial charge in [0.1, 0.15) is 16.7 Å². The van der Waals surface area contributed by atoms with E-state index >= 15 is 0 Å². The predicted molar refractivity (Wildman–Crippen MR) is 76.2 cm³/mol. The van der Waals surface area contributed by atoms with Crippen molar-refractivity contribution in [3.63, 3.8) is 0 Å². The zero-order valence-electron chi connectivity index (χ0n) is 11.6. The van der Waals surface area contributed by atoms with Crippen LogP contribution in [0, 0.1) is 0 Å². The van der Waals surface area contributed by atoms with Crippen molar-refractivity contribution in [2.45, 2.75) is 23.3 Å². The molecule has 0 radical (unpaired) electrons. The second kappa shape index (κ2) is 6.12. The van der Waals surface area contributed by atoms with E-state index in [4.69, 9.17) is 11.6 Å². The molecule has 0 spiro atoms. The number of nitrogens with one attached hydrogen (secondary N) is 1. The molecule has 2 atom stereocenters. The van der Waals surface area contributed by atoms with Gasteiger partial charge in [-0.25, -0.2) is 17.7 Å². The summed E-state index contributed by atoms with van der Waals surface area (Å²) in [5, 5.41) is 0.0228. The number of aldehydes is 1. The molecule has 118 valence electrons. The third kappa shape index (κ3) is 3.33. The van der Waals surface area contributed by atoms with E-state index in [1.165, 1.54) is 15.7 Å². The molecule has 21 heavy (non-hydrogen) atoms. The summed E-state index contributed by atoms with van der Waals surface area (Å²) in [7, 11) is 1.28. The quantitative estimate of drug-likeness (QED) is 0.845. The van der Waals surface area contributed by atoms with Crippen LogP contribution in [0.4, 0.5) is 8.78 Å². The average Bonchev–Trinajstić information content (AvgIpc) is 2.67. The molecular weight excluding hydrogens is 324 g/mol. The first-order valence-electron chi connectivity index (χ1n) is 6.30. The molecule has 0 bridgehead atoms. The minimum absolute atomic E-state index is 0.0228. The summed E-state index contributed by atoms with van der Waals surface area (Å²) >= 11 is 5.96. The molecule has 1 N–H and O–H groups in total. The van der Waals surface area contributed by atoms with Gasteiger partial charge in [0.05, 0.1) is 22.5 Å². The lowest BCUT2D eigenvalue weighted by Crippen LogP contribution is -2.56. The van der Waals surface area contributed by atoms with Crippen molar-refractivity contribution < 1.29 is 17.8 Å². The van der Waals surface area contributed by atoms with E-state index in [1.54, 1.807) is 14.1 Å². The molecule has 9 heteroatoms. The van der Waals surface area contributed by atoms with E-state index in [1.807, 2.05) is 0 Å². The maximum absolute atomic E-state index is 13.9. The van der Waals surface area contributed by atoms with Crippen molar-refractivity contribution in [3.8, 4) is 0 Å². The summed E-state index contributed by atoms with van der Waals surface area (Å²) in [5.74, 6) is -2.97. The van der Waals surface area contributed by atoms with Crippen LogP contribution in [-0.2, 0) is 18.0 Å². The summed E-state index contributed by atoms with van der Waals surface area (Å²) in [4.78, 5) is 12.5. The number of nitrogens with zero attached hydrogens (tertiary/aromatic N) is 2. The zero-order valence-corrected chi connectivity index (χ0v) is 13.2. The number of alkyl halides is 2. The van der Waals surface area contributed by atoms with Gasteiger partial charge < -0.3 is 9.47 Å². The predicted octanol–water partition coefficient (Wildman–Crippen LogP) is 1.44. The van der Waals surface area contributed by atoms with Gasteiger partial charge in [-0.15, -0.1) is 0 Å². The molecule has 1 aliphatic rings. The molecule has 1 aromatic rings. The third-order valence-corrected chi connectivity index (χ3v) is 5.20. The maximum Gasteiger partial charge on any atom is 0.276 e. The molecule has 0 saturated carbocycles. The molecule has 1 saturated heterocycles. The summed E-state index contributed by atoms with van der Waals surface area (Å²) in [5.41, 5.74) is 0.164. The number of halogens is 3. The van der Waals surface area contributed by atoms with Crippen molar-refractivity contribution in [3.05, 3.63) is 16.9 Å². The highest BCUT2D eigenvalue weighted by molar-refractivity contribution is 7.83. The van der Waals surface area contributed by atoms with Gasteiger partial charge in [0.25, 0.3) is 5.92 Å². The summed E-state index contributed by atoms with van der Waals surface area (Å²) in [6.45, 7) is 0.108. The molecule has 1 aromatic heterocycles. The van der Waals surface area contributed by atoms with Gasteiger partial charge in [0.2, 0.25) is 0 Å². The summed E-state index contributed by atoms with van der Waals surface area (Å²) < 4.78 is 43.9. The lowest BCUT2D eigenvalue weighted by Gasteiger charge is -2.36. The molecule has 0 amide bonds. The second-order valence-electron chi connectivity index (χ2n) is 5.15. The topological polar surface area (TPSA) is 54.3 Å². The van der Waals surface area contributed by atoms with Gasteiger partial charge in [-0.1, -0.05) is 11.6 Å². The average molecular weight is 340 g/mol. The van der Waals surface area contributed by atoms with E-state index in [0.717, 1.165) is 0 Å². The number of aromatic nitrogens is 1. The van der Waals surface area contributed by atoms with Gasteiger partial charge in [-0.2, -0.15) is 0 Å². The molecule has 2 rings (SSSR count). The molecule has 2 unspecified atom stereocenters. The number of likely N-dealkylation sites (tertiary alicyclic amines) is 1. The Hall–Kier alpha value is -0.830. The number of carbonyl (C=O) groups is 1. The van der Waals surface area contributed by atoms with Crippen molar-refractivity contribution in [1.29, 1.82) is 0 Å². The zero-order chi connectivity index (χ0) is 15.8. The van der Waals surface area contributed by atoms with Crippen LogP contribution in [0.15, 0.2) is 11.1 Å². The Morgan fingerprint density at radius 2 is 2.19 bits per heavy atom. The van der Waals surface area contributed by atoms with Crippen LogP contribution in [0.25, 0.3) is 0 Å². The summed E-state index contributed by atoms with van der Waals surface area (Å²) in [6.07, 6.45) is 2.12. The second-order valence-corrected chi connectivity index (χ2v) is 6.74. The lowest BCUT2D eigenvalue weighted by atomic mass is 10.0. The molecule has 1 aliphatic heterocycles. The van der Waals surface area contributed by atoms with Crippen LogP contribution >= 0.6 is 11.6 Å². The third-order valence-electron chi connectivity index (χ3n) is 3.48. The van der Waals surface area contributed by atoms with E-state index in [-0.39, 0.29) is 28.6 Å². The van der Waals surface area contributed by atoms with E-state index in [9.17, 15) is 17.8 Å². The van der Waals surface area contributed by atoms with E-state index in [0.29, 0.717) is 12.8 Å². The molecular formula is C12H16ClF2N3O2S. The van der Waals surface area contributed by atoms with Crippen molar-refractivity contribution in [1.82, 2.24) is 14.2 Å². The Labute approximate surface area is 128 Å². The minimum Gasteiger partial charge on any atom is -0.346 e. The highest BCUT2D eigenvalue weighted by Crippen LogP contribution is 2.29. The number of carbonyl (C=O) groups excluding carboxylic acids is 1.